The van der Waals surface area contributed by atoms with Gasteiger partial charge < -0.3 is 9.72 Å². The summed E-state index contributed by atoms with van der Waals surface area (Å²) >= 11 is 0. The Balaban J connectivity index is 2.55. The minimum Gasteiger partial charge on any atom is -0.491 e. The van der Waals surface area contributed by atoms with Gasteiger partial charge in [0, 0.05) is 23.2 Å². The molecule has 0 amide bonds. The maximum atomic E-state index is 11.5. The van der Waals surface area contributed by atoms with E-state index in [2.05, 4.69) is 4.98 Å². The maximum absolute atomic E-state index is 11.5. The molecule has 0 saturated carbocycles. The largest absolute Gasteiger partial charge is 0.491 e. The summed E-state index contributed by atoms with van der Waals surface area (Å²) in [6, 6.07) is 7.00. The van der Waals surface area contributed by atoms with Crippen LogP contribution in [0, 0.1) is 0 Å². The Labute approximate surface area is 87.7 Å². The number of fused-ring (bicyclic) bond motifs is 1. The molecule has 0 unspecified atom stereocenters. The third kappa shape index (κ3) is 2.01. The Morgan fingerprint density at radius 2 is 2.07 bits per heavy atom. The topological polar surface area (TPSA) is 42.1 Å². The van der Waals surface area contributed by atoms with Gasteiger partial charge in [0.05, 0.1) is 6.10 Å². The minimum atomic E-state index is 0.0120. The van der Waals surface area contributed by atoms with Crippen molar-refractivity contribution in [2.75, 3.05) is 0 Å². The van der Waals surface area contributed by atoms with E-state index in [4.69, 9.17) is 4.74 Å². The van der Waals surface area contributed by atoms with Crippen LogP contribution in [0.5, 0.6) is 5.75 Å². The number of ether oxygens (including phenoxy) is 1. The zero-order chi connectivity index (χ0) is 10.8. The van der Waals surface area contributed by atoms with Gasteiger partial charge in [-0.2, -0.15) is 0 Å². The van der Waals surface area contributed by atoms with E-state index in [-0.39, 0.29) is 11.5 Å². The van der Waals surface area contributed by atoms with E-state index < -0.39 is 0 Å². The molecular formula is C12H13NO2. The van der Waals surface area contributed by atoms with Gasteiger partial charge in [0.25, 0.3) is 0 Å². The molecule has 1 aromatic heterocycles. The number of H-pyrrole nitrogens is 1. The number of rotatable bonds is 2. The first kappa shape index (κ1) is 9.77. The summed E-state index contributed by atoms with van der Waals surface area (Å²) < 4.78 is 5.52. The second-order valence-corrected chi connectivity index (χ2v) is 3.72. The van der Waals surface area contributed by atoms with E-state index in [0.717, 1.165) is 11.3 Å². The molecule has 3 nitrogen and oxygen atoms in total. The van der Waals surface area contributed by atoms with Crippen LogP contribution in [0.1, 0.15) is 13.8 Å². The molecule has 0 spiro atoms. The van der Waals surface area contributed by atoms with Gasteiger partial charge in [-0.05, 0) is 32.0 Å². The predicted octanol–water partition coefficient (Wildman–Crippen LogP) is 2.32. The van der Waals surface area contributed by atoms with Gasteiger partial charge >= 0.3 is 0 Å². The predicted molar refractivity (Wildman–Crippen MR) is 60.3 cm³/mol. The van der Waals surface area contributed by atoms with E-state index in [1.54, 1.807) is 12.3 Å². The van der Waals surface area contributed by atoms with Crippen LogP contribution in [0.25, 0.3) is 10.9 Å². The molecule has 0 radical (unpaired) electrons. The summed E-state index contributed by atoms with van der Waals surface area (Å²) in [7, 11) is 0. The number of nitrogens with one attached hydrogen (secondary N) is 1. The zero-order valence-corrected chi connectivity index (χ0v) is 8.78. The monoisotopic (exact) mass is 203 g/mol. The van der Waals surface area contributed by atoms with E-state index >= 15 is 0 Å². The van der Waals surface area contributed by atoms with Crippen molar-refractivity contribution in [1.29, 1.82) is 0 Å². The molecule has 1 heterocycles. The van der Waals surface area contributed by atoms with Gasteiger partial charge in [-0.3, -0.25) is 4.79 Å². The number of aromatic amines is 1. The van der Waals surface area contributed by atoms with Crippen LogP contribution in [-0.4, -0.2) is 11.1 Å². The lowest BCUT2D eigenvalue weighted by Crippen LogP contribution is -2.06. The number of pyridine rings is 1. The van der Waals surface area contributed by atoms with Crippen molar-refractivity contribution >= 4 is 10.9 Å². The molecule has 1 aromatic carbocycles. The summed E-state index contributed by atoms with van der Waals surface area (Å²) in [4.78, 5) is 14.6. The van der Waals surface area contributed by atoms with Crippen LogP contribution in [0.2, 0.25) is 0 Å². The van der Waals surface area contributed by atoms with E-state index in [0.29, 0.717) is 5.39 Å². The summed E-state index contributed by atoms with van der Waals surface area (Å²) in [6.45, 7) is 3.92. The summed E-state index contributed by atoms with van der Waals surface area (Å²) in [5, 5.41) is 0.663. The third-order valence-corrected chi connectivity index (χ3v) is 2.10. The molecule has 0 saturated heterocycles. The van der Waals surface area contributed by atoms with Crippen molar-refractivity contribution in [1.82, 2.24) is 4.98 Å². The molecule has 2 aromatic rings. The molecule has 0 bridgehead atoms. The minimum absolute atomic E-state index is 0.0120. The highest BCUT2D eigenvalue weighted by Gasteiger charge is 2.01. The van der Waals surface area contributed by atoms with E-state index in [1.807, 2.05) is 26.0 Å². The highest BCUT2D eigenvalue weighted by molar-refractivity contribution is 5.79. The van der Waals surface area contributed by atoms with Crippen LogP contribution in [-0.2, 0) is 0 Å². The number of benzene rings is 1. The highest BCUT2D eigenvalue weighted by Crippen LogP contribution is 2.17. The molecule has 15 heavy (non-hydrogen) atoms. The molecule has 3 heteroatoms. The molecule has 1 N–H and O–H groups in total. The standard InChI is InChI=1S/C12H13NO2/c1-8(2)15-9-3-4-11-10(7-9)12(14)5-6-13-11/h3-8H,1-2H3,(H,13,14). The maximum Gasteiger partial charge on any atom is 0.189 e. The van der Waals surface area contributed by atoms with Crippen molar-refractivity contribution in [3.63, 3.8) is 0 Å². The second kappa shape index (κ2) is 3.77. The van der Waals surface area contributed by atoms with Crippen LogP contribution in [0.15, 0.2) is 35.3 Å². The Morgan fingerprint density at radius 1 is 1.27 bits per heavy atom. The van der Waals surface area contributed by atoms with Crippen molar-refractivity contribution in [3.8, 4) is 5.75 Å². The quantitative estimate of drug-likeness (QED) is 0.813. The van der Waals surface area contributed by atoms with Crippen LogP contribution < -0.4 is 10.2 Å². The summed E-state index contributed by atoms with van der Waals surface area (Å²) in [6.07, 6.45) is 1.76. The molecule has 0 aliphatic rings. The third-order valence-electron chi connectivity index (χ3n) is 2.10. The molecule has 0 aliphatic carbocycles. The SMILES string of the molecule is CC(C)Oc1ccc2[nH]ccc(=O)c2c1. The Bertz CT molecular complexity index is 528. The van der Waals surface area contributed by atoms with Gasteiger partial charge in [0.15, 0.2) is 5.43 Å². The van der Waals surface area contributed by atoms with Gasteiger partial charge in [-0.15, -0.1) is 0 Å². The highest BCUT2D eigenvalue weighted by atomic mass is 16.5. The summed E-state index contributed by atoms with van der Waals surface area (Å²) in [5.74, 6) is 0.731. The summed E-state index contributed by atoms with van der Waals surface area (Å²) in [5.41, 5.74) is 0.844. The first-order valence-corrected chi connectivity index (χ1v) is 4.95. The van der Waals surface area contributed by atoms with Crippen molar-refractivity contribution in [2.45, 2.75) is 20.0 Å². The molecule has 0 aliphatic heterocycles. The molecule has 0 atom stereocenters. The smallest absolute Gasteiger partial charge is 0.189 e. The Hall–Kier alpha value is -1.77. The van der Waals surface area contributed by atoms with Crippen LogP contribution >= 0.6 is 0 Å². The van der Waals surface area contributed by atoms with Crippen molar-refractivity contribution in [3.05, 3.63) is 40.7 Å². The fraction of sp³-hybridized carbons (Fsp3) is 0.250. The molecule has 78 valence electrons. The van der Waals surface area contributed by atoms with Crippen molar-refractivity contribution < 1.29 is 4.74 Å². The molecule has 0 fully saturated rings. The number of hydrogen-bond donors (Lipinski definition) is 1. The van der Waals surface area contributed by atoms with E-state index in [1.165, 1.54) is 6.07 Å². The molecular weight excluding hydrogens is 190 g/mol. The lowest BCUT2D eigenvalue weighted by Gasteiger charge is -2.09. The average Bonchev–Trinajstić information content (AvgIpc) is 2.18. The van der Waals surface area contributed by atoms with Gasteiger partial charge in [-0.25, -0.2) is 0 Å². The Morgan fingerprint density at radius 3 is 2.80 bits per heavy atom. The van der Waals surface area contributed by atoms with Crippen LogP contribution in [0.4, 0.5) is 0 Å². The van der Waals surface area contributed by atoms with Crippen molar-refractivity contribution in [2.24, 2.45) is 0 Å². The first-order valence-electron chi connectivity index (χ1n) is 4.95. The lowest BCUT2D eigenvalue weighted by molar-refractivity contribution is 0.243. The fourth-order valence-corrected chi connectivity index (χ4v) is 1.50. The fourth-order valence-electron chi connectivity index (χ4n) is 1.50. The van der Waals surface area contributed by atoms with Gasteiger partial charge in [0.2, 0.25) is 0 Å². The zero-order valence-electron chi connectivity index (χ0n) is 8.78. The van der Waals surface area contributed by atoms with Crippen LogP contribution in [0.3, 0.4) is 0 Å². The van der Waals surface area contributed by atoms with E-state index in [9.17, 15) is 4.79 Å². The lowest BCUT2D eigenvalue weighted by atomic mass is 10.2. The normalized spacial score (nSPS) is 10.9. The first-order chi connectivity index (χ1) is 7.16. The number of aromatic nitrogens is 1. The number of hydrogen-bond acceptors (Lipinski definition) is 2. The Kier molecular flexibility index (Phi) is 2.46. The van der Waals surface area contributed by atoms with Gasteiger partial charge in [-0.1, -0.05) is 0 Å². The average molecular weight is 203 g/mol. The molecule has 2 rings (SSSR count). The van der Waals surface area contributed by atoms with Gasteiger partial charge in [0.1, 0.15) is 5.75 Å². The second-order valence-electron chi connectivity index (χ2n) is 3.72.